The van der Waals surface area contributed by atoms with Crippen LogP contribution >= 0.6 is 24.8 Å². The number of halogens is 2. The zero-order valence-corrected chi connectivity index (χ0v) is 18.8. The van der Waals surface area contributed by atoms with Crippen LogP contribution in [0.5, 0.6) is 0 Å². The van der Waals surface area contributed by atoms with Crippen molar-refractivity contribution >= 4 is 36.4 Å². The van der Waals surface area contributed by atoms with Gasteiger partial charge in [-0.2, -0.15) is 0 Å². The van der Waals surface area contributed by atoms with E-state index in [1.54, 1.807) is 6.92 Å². The number of carbonyl (C=O) groups excluding carboxylic acids is 1. The fourth-order valence-electron chi connectivity index (χ4n) is 3.58. The van der Waals surface area contributed by atoms with Crippen molar-refractivity contribution in [2.75, 3.05) is 37.6 Å². The molecule has 0 radical (unpaired) electrons. The number of anilines is 1. The molecule has 3 rings (SSSR count). The van der Waals surface area contributed by atoms with Crippen molar-refractivity contribution < 1.29 is 4.79 Å². The summed E-state index contributed by atoms with van der Waals surface area (Å²) in [5.41, 5.74) is 3.89. The second kappa shape index (κ2) is 13.5. The Kier molecular flexibility index (Phi) is 11.7. The van der Waals surface area contributed by atoms with Crippen molar-refractivity contribution in [2.45, 2.75) is 32.7 Å². The Balaban J connectivity index is 0.00000210. The van der Waals surface area contributed by atoms with Crippen LogP contribution in [0.2, 0.25) is 0 Å². The van der Waals surface area contributed by atoms with Crippen molar-refractivity contribution in [1.82, 2.24) is 10.2 Å². The SMILES string of the molecule is CC(=O)NCc1ccc(CCCCN2CCN(c3ccccc3)CC2)cc1.Cl.Cl. The summed E-state index contributed by atoms with van der Waals surface area (Å²) >= 11 is 0. The zero-order valence-electron chi connectivity index (χ0n) is 17.2. The third-order valence-electron chi connectivity index (χ3n) is 5.25. The van der Waals surface area contributed by atoms with Crippen molar-refractivity contribution in [2.24, 2.45) is 0 Å². The molecule has 0 atom stereocenters. The van der Waals surface area contributed by atoms with E-state index >= 15 is 0 Å². The Morgan fingerprint density at radius 3 is 2.10 bits per heavy atom. The number of hydrogen-bond acceptors (Lipinski definition) is 3. The molecule has 6 heteroatoms. The molecule has 0 spiro atoms. The number of unbranched alkanes of at least 4 members (excludes halogenated alkanes) is 1. The van der Waals surface area contributed by atoms with Gasteiger partial charge in [0.2, 0.25) is 5.91 Å². The highest BCUT2D eigenvalue weighted by Crippen LogP contribution is 2.16. The van der Waals surface area contributed by atoms with Gasteiger partial charge in [-0.1, -0.05) is 42.5 Å². The largest absolute Gasteiger partial charge is 0.369 e. The van der Waals surface area contributed by atoms with Crippen molar-refractivity contribution in [3.63, 3.8) is 0 Å². The third kappa shape index (κ3) is 8.65. The van der Waals surface area contributed by atoms with Gasteiger partial charge in [0.05, 0.1) is 0 Å². The van der Waals surface area contributed by atoms with Crippen molar-refractivity contribution in [3.05, 3.63) is 65.7 Å². The van der Waals surface area contributed by atoms with E-state index in [1.807, 2.05) is 0 Å². The normalized spacial score (nSPS) is 13.9. The molecule has 1 saturated heterocycles. The topological polar surface area (TPSA) is 35.6 Å². The van der Waals surface area contributed by atoms with Gasteiger partial charge in [-0.15, -0.1) is 24.8 Å². The van der Waals surface area contributed by atoms with Gasteiger partial charge < -0.3 is 10.2 Å². The van der Waals surface area contributed by atoms with Gasteiger partial charge in [-0.25, -0.2) is 0 Å². The molecular formula is C23H33Cl2N3O. The standard InChI is InChI=1S/C23H31N3O.2ClH/c1-20(27)24-19-22-12-10-21(11-13-22)7-5-6-14-25-15-17-26(18-16-25)23-8-3-2-4-9-23;;/h2-4,8-13H,5-7,14-19H2,1H3,(H,24,27);2*1H. The first kappa shape index (κ1) is 25.3. The lowest BCUT2D eigenvalue weighted by Crippen LogP contribution is -2.46. The molecular weight excluding hydrogens is 405 g/mol. The minimum Gasteiger partial charge on any atom is -0.369 e. The summed E-state index contributed by atoms with van der Waals surface area (Å²) < 4.78 is 0. The molecule has 0 aliphatic carbocycles. The molecule has 2 aromatic carbocycles. The quantitative estimate of drug-likeness (QED) is 0.624. The van der Waals surface area contributed by atoms with Crippen LogP contribution in [0.25, 0.3) is 0 Å². The van der Waals surface area contributed by atoms with Gasteiger partial charge in [-0.3, -0.25) is 9.69 Å². The molecule has 1 heterocycles. The summed E-state index contributed by atoms with van der Waals surface area (Å²) in [6, 6.07) is 19.3. The van der Waals surface area contributed by atoms with E-state index in [0.29, 0.717) is 6.54 Å². The molecule has 0 aromatic heterocycles. The summed E-state index contributed by atoms with van der Waals surface area (Å²) in [7, 11) is 0. The molecule has 4 nitrogen and oxygen atoms in total. The first-order valence-electron chi connectivity index (χ1n) is 10.1. The summed E-state index contributed by atoms with van der Waals surface area (Å²) in [5, 5.41) is 2.84. The molecule has 1 N–H and O–H groups in total. The predicted octanol–water partition coefficient (Wildman–Crippen LogP) is 4.31. The number of carbonyl (C=O) groups is 1. The van der Waals surface area contributed by atoms with Gasteiger partial charge in [0.15, 0.2) is 0 Å². The first-order valence-corrected chi connectivity index (χ1v) is 10.1. The second-order valence-corrected chi connectivity index (χ2v) is 7.35. The first-order chi connectivity index (χ1) is 13.2. The summed E-state index contributed by atoms with van der Waals surface area (Å²) in [6.07, 6.45) is 3.60. The van der Waals surface area contributed by atoms with Crippen LogP contribution in [-0.4, -0.2) is 43.5 Å². The van der Waals surface area contributed by atoms with E-state index in [0.717, 1.165) is 38.2 Å². The molecule has 0 bridgehead atoms. The number of para-hydroxylation sites is 1. The van der Waals surface area contributed by atoms with Gasteiger partial charge in [0.1, 0.15) is 0 Å². The van der Waals surface area contributed by atoms with E-state index in [4.69, 9.17) is 0 Å². The molecule has 1 aliphatic heterocycles. The summed E-state index contributed by atoms with van der Waals surface area (Å²) in [5.74, 6) is 0.0173. The minimum atomic E-state index is 0. The predicted molar refractivity (Wildman–Crippen MR) is 126 cm³/mol. The summed E-state index contributed by atoms with van der Waals surface area (Å²) in [4.78, 5) is 16.0. The lowest BCUT2D eigenvalue weighted by molar-refractivity contribution is -0.119. The highest BCUT2D eigenvalue weighted by molar-refractivity contribution is 5.85. The number of amides is 1. The van der Waals surface area contributed by atoms with E-state index < -0.39 is 0 Å². The third-order valence-corrected chi connectivity index (χ3v) is 5.25. The maximum absolute atomic E-state index is 11.0. The maximum atomic E-state index is 11.0. The molecule has 1 aliphatic rings. The molecule has 2 aromatic rings. The van der Waals surface area contributed by atoms with Crippen molar-refractivity contribution in [3.8, 4) is 0 Å². The van der Waals surface area contributed by atoms with Gasteiger partial charge >= 0.3 is 0 Å². The molecule has 0 saturated carbocycles. The van der Waals surface area contributed by atoms with Crippen molar-refractivity contribution in [1.29, 1.82) is 0 Å². The monoisotopic (exact) mass is 437 g/mol. The van der Waals surface area contributed by atoms with E-state index in [1.165, 1.54) is 30.6 Å². The number of aryl methyl sites for hydroxylation is 1. The number of nitrogens with one attached hydrogen (secondary N) is 1. The number of nitrogens with zero attached hydrogens (tertiary/aromatic N) is 2. The molecule has 0 unspecified atom stereocenters. The molecule has 1 amide bonds. The molecule has 1 fully saturated rings. The Labute approximate surface area is 187 Å². The highest BCUT2D eigenvalue weighted by Gasteiger charge is 2.16. The Hall–Kier alpha value is -1.75. The molecule has 160 valence electrons. The lowest BCUT2D eigenvalue weighted by atomic mass is 10.1. The average molecular weight is 438 g/mol. The second-order valence-electron chi connectivity index (χ2n) is 7.35. The minimum absolute atomic E-state index is 0. The fourth-order valence-corrected chi connectivity index (χ4v) is 3.58. The van der Waals surface area contributed by atoms with Gasteiger partial charge in [0, 0.05) is 45.3 Å². The summed E-state index contributed by atoms with van der Waals surface area (Å²) in [6.45, 7) is 7.93. The van der Waals surface area contributed by atoms with E-state index in [-0.39, 0.29) is 30.7 Å². The van der Waals surface area contributed by atoms with Crippen LogP contribution in [0.15, 0.2) is 54.6 Å². The highest BCUT2D eigenvalue weighted by atomic mass is 35.5. The Bertz CT molecular complexity index is 702. The van der Waals surface area contributed by atoms with Crippen LogP contribution in [0.3, 0.4) is 0 Å². The zero-order chi connectivity index (χ0) is 18.9. The Morgan fingerprint density at radius 1 is 0.862 bits per heavy atom. The van der Waals surface area contributed by atoms with E-state index in [9.17, 15) is 4.79 Å². The smallest absolute Gasteiger partial charge is 0.217 e. The number of hydrogen-bond donors (Lipinski definition) is 1. The van der Waals surface area contributed by atoms with E-state index in [2.05, 4.69) is 69.7 Å². The van der Waals surface area contributed by atoms with Gasteiger partial charge in [0.25, 0.3) is 0 Å². The van der Waals surface area contributed by atoms with Crippen LogP contribution in [0, 0.1) is 0 Å². The van der Waals surface area contributed by atoms with Crippen LogP contribution in [-0.2, 0) is 17.8 Å². The lowest BCUT2D eigenvalue weighted by Gasteiger charge is -2.36. The number of benzene rings is 2. The number of piperazine rings is 1. The Morgan fingerprint density at radius 2 is 1.48 bits per heavy atom. The van der Waals surface area contributed by atoms with Crippen LogP contribution < -0.4 is 10.2 Å². The van der Waals surface area contributed by atoms with Gasteiger partial charge in [-0.05, 0) is 49.1 Å². The van der Waals surface area contributed by atoms with Crippen LogP contribution in [0.4, 0.5) is 5.69 Å². The number of rotatable bonds is 8. The fraction of sp³-hybridized carbons (Fsp3) is 0.435. The maximum Gasteiger partial charge on any atom is 0.217 e. The average Bonchev–Trinajstić information content (AvgIpc) is 2.71. The molecule has 29 heavy (non-hydrogen) atoms. The van der Waals surface area contributed by atoms with Crippen LogP contribution in [0.1, 0.15) is 30.9 Å².